The molecule has 7 heteroatoms. The van der Waals surface area contributed by atoms with E-state index in [1.807, 2.05) is 6.55 Å². The molecule has 2 fully saturated rings. The number of benzene rings is 4. The summed E-state index contributed by atoms with van der Waals surface area (Å²) in [4.78, 5) is 0. The van der Waals surface area contributed by atoms with Crippen molar-refractivity contribution in [2.45, 2.75) is 155 Å². The number of hydrogen-bond donors (Lipinski definition) is 0. The Hall–Kier alpha value is -2.43. The molecule has 6 aromatic rings. The van der Waals surface area contributed by atoms with Crippen molar-refractivity contribution in [3.8, 4) is 22.3 Å². The Morgan fingerprint density at radius 1 is 0.556 bits per heavy atom. The van der Waals surface area contributed by atoms with Gasteiger partial charge in [-0.15, -0.1) is 69.1 Å². The maximum atomic E-state index is 11.4. The number of halogens is 5. The van der Waals surface area contributed by atoms with Crippen LogP contribution in [0.25, 0.3) is 43.8 Å². The molecule has 0 bridgehead atoms. The van der Waals surface area contributed by atoms with Crippen molar-refractivity contribution in [2.24, 2.45) is 11.8 Å². The van der Waals surface area contributed by atoms with Gasteiger partial charge in [0.2, 0.25) is 0 Å². The van der Waals surface area contributed by atoms with Gasteiger partial charge in [-0.3, -0.25) is 0 Å². The van der Waals surface area contributed by atoms with Gasteiger partial charge in [-0.25, -0.2) is 0 Å². The molecule has 0 N–H and O–H groups in total. The minimum Gasteiger partial charge on any atom is -1.00 e. The Kier molecular flexibility index (Phi) is 20.1. The van der Waals surface area contributed by atoms with Crippen LogP contribution >= 0.6 is 0 Å². The van der Waals surface area contributed by atoms with Gasteiger partial charge in [-0.05, 0) is 57.8 Å². The standard InChI is InChI=1S/2C26H31.C4H7F3Si.2ClH.Zr/c2*1-26(2,3)23-14-12-21(13-15-23)24-11-7-10-22-17-20(18-25(22)24)16-19-8-5-4-6-9-19;1-8-3-2-4(5,6)7;;;/h2*7,10-15,17-19H,4-6,8-9,16H2,1-3H3;2-3H2,1H3;2*1H;/q2*-1;;;;+2/p-2. The average molecular weight is 989 g/mol. The molecular weight excluding hydrogens is 920 g/mol. The van der Waals surface area contributed by atoms with E-state index in [-0.39, 0.29) is 35.6 Å². The van der Waals surface area contributed by atoms with Crippen molar-refractivity contribution < 1.29 is 61.3 Å². The summed E-state index contributed by atoms with van der Waals surface area (Å²) in [6.45, 7) is 15.6. The number of fused-ring (bicyclic) bond motifs is 2. The normalized spacial score (nSPS) is 15.1. The zero-order chi connectivity index (χ0) is 43.8. The van der Waals surface area contributed by atoms with E-state index in [0.717, 1.165) is 11.8 Å². The molecule has 0 aliphatic heterocycles. The monoisotopic (exact) mass is 986 g/mol. The first-order valence-electron chi connectivity index (χ1n) is 23.1. The van der Waals surface area contributed by atoms with Gasteiger partial charge in [0.15, 0.2) is 0 Å². The maximum Gasteiger partial charge on any atom is -1.00 e. The van der Waals surface area contributed by atoms with Crippen molar-refractivity contribution >= 4 is 27.0 Å². The van der Waals surface area contributed by atoms with E-state index in [9.17, 15) is 13.2 Å². The zero-order valence-electron chi connectivity index (χ0n) is 38.8. The Balaban J connectivity index is 0.000000226. The third-order valence-corrected chi connectivity index (χ3v) is 15.9. The van der Waals surface area contributed by atoms with Crippen molar-refractivity contribution in [2.75, 3.05) is 0 Å². The first-order chi connectivity index (χ1) is 28.9. The molecule has 2 saturated carbocycles. The second-order valence-corrected chi connectivity index (χ2v) is 28.7. The minimum atomic E-state index is -3.93. The molecule has 0 spiro atoms. The molecule has 338 valence electrons. The van der Waals surface area contributed by atoms with E-state index < -0.39 is 18.0 Å². The Labute approximate surface area is 405 Å². The Morgan fingerprint density at radius 2 is 0.921 bits per heavy atom. The quantitative estimate of drug-likeness (QED) is 0.105. The van der Waals surface area contributed by atoms with Crippen molar-refractivity contribution in [1.82, 2.24) is 0 Å². The molecule has 2 aliphatic carbocycles. The van der Waals surface area contributed by atoms with Crippen molar-refractivity contribution in [3.05, 3.63) is 131 Å². The first-order valence-corrected chi connectivity index (χ1v) is 29.0. The molecule has 0 unspecified atom stereocenters. The Morgan fingerprint density at radius 3 is 1.22 bits per heavy atom. The van der Waals surface area contributed by atoms with Crippen LogP contribution in [0.5, 0.6) is 0 Å². The van der Waals surface area contributed by atoms with Gasteiger partial charge in [0.25, 0.3) is 0 Å². The molecule has 0 amide bonds. The molecule has 0 heterocycles. The van der Waals surface area contributed by atoms with Crippen LogP contribution in [-0.2, 0) is 47.0 Å². The van der Waals surface area contributed by atoms with E-state index in [1.165, 1.54) is 166 Å². The van der Waals surface area contributed by atoms with Crippen LogP contribution in [0.2, 0.25) is 12.6 Å². The molecular formula is C56H69Cl2F3SiZr-2. The number of hydrogen-bond acceptors (Lipinski definition) is 0. The second kappa shape index (κ2) is 23.8. The van der Waals surface area contributed by atoms with E-state index in [1.54, 1.807) is 0 Å². The van der Waals surface area contributed by atoms with Crippen LogP contribution in [0.4, 0.5) is 13.2 Å². The fraction of sp³-hybridized carbons (Fsp3) is 0.464. The molecule has 0 nitrogen and oxygen atoms in total. The summed E-state index contributed by atoms with van der Waals surface area (Å²) in [7, 11) is 0. The third-order valence-electron chi connectivity index (χ3n) is 13.0. The van der Waals surface area contributed by atoms with E-state index >= 15 is 0 Å². The van der Waals surface area contributed by atoms with Crippen LogP contribution in [0.15, 0.2) is 109 Å². The minimum absolute atomic E-state index is 0. The molecule has 63 heavy (non-hydrogen) atoms. The summed E-state index contributed by atoms with van der Waals surface area (Å²) in [6, 6.07) is 42.0. The fourth-order valence-electron chi connectivity index (χ4n) is 9.41. The smallest absolute Gasteiger partial charge is 1.00 e. The van der Waals surface area contributed by atoms with E-state index in [2.05, 4.69) is 151 Å². The van der Waals surface area contributed by atoms with Gasteiger partial charge >= 0.3 is 67.1 Å². The molecule has 0 radical (unpaired) electrons. The zero-order valence-corrected chi connectivity index (χ0v) is 43.8. The number of rotatable bonds is 8. The fourth-order valence-corrected chi connectivity index (χ4v) is 11.0. The van der Waals surface area contributed by atoms with Gasteiger partial charge in [-0.1, -0.05) is 178 Å². The summed E-state index contributed by atoms with van der Waals surface area (Å²) in [5, 5.41) is 5.63. The van der Waals surface area contributed by atoms with Gasteiger partial charge < -0.3 is 24.8 Å². The summed E-state index contributed by atoms with van der Waals surface area (Å²) >= 11 is 1.29. The SMILES string of the molecule is CC(C)(C)c1ccc(-c2cccc3[cH-]c(CC4CCCCC4)cc23)cc1.CC(C)(C)c1ccc(-c2cccc3[cH-]c(CC4CCCCC4)cc23)cc1.C[Si](=[Zr+2])CCC(F)(F)F.[Cl-].[Cl-]. The van der Waals surface area contributed by atoms with Crippen molar-refractivity contribution in [1.29, 1.82) is 0 Å². The largest absolute Gasteiger partial charge is 1.00 e. The van der Waals surface area contributed by atoms with Crippen LogP contribution in [0.1, 0.15) is 134 Å². The third kappa shape index (κ3) is 15.9. The molecule has 0 saturated heterocycles. The van der Waals surface area contributed by atoms with Crippen LogP contribution < -0.4 is 24.8 Å². The van der Waals surface area contributed by atoms with Crippen LogP contribution in [0.3, 0.4) is 0 Å². The van der Waals surface area contributed by atoms with E-state index in [4.69, 9.17) is 0 Å². The van der Waals surface area contributed by atoms with Gasteiger partial charge in [0.05, 0.1) is 0 Å². The second-order valence-electron chi connectivity index (χ2n) is 20.3. The molecule has 0 aromatic heterocycles. The molecule has 6 aromatic carbocycles. The summed E-state index contributed by atoms with van der Waals surface area (Å²) in [5.41, 5.74) is 11.1. The summed E-state index contributed by atoms with van der Waals surface area (Å²) < 4.78 is 34.3. The summed E-state index contributed by atoms with van der Waals surface area (Å²) in [6.07, 6.45) is 12.3. The number of alkyl halides is 3. The predicted octanol–water partition coefficient (Wildman–Crippen LogP) is 11.4. The molecule has 2 aliphatic rings. The average Bonchev–Trinajstić information content (AvgIpc) is 3.84. The van der Waals surface area contributed by atoms with Crippen molar-refractivity contribution in [3.63, 3.8) is 0 Å². The van der Waals surface area contributed by atoms with Crippen LogP contribution in [0, 0.1) is 11.8 Å². The first kappa shape index (κ1) is 53.2. The topological polar surface area (TPSA) is 0 Å². The van der Waals surface area contributed by atoms with Crippen LogP contribution in [-0.4, -0.2) is 11.6 Å². The van der Waals surface area contributed by atoms with Gasteiger partial charge in [0, 0.05) is 0 Å². The molecule has 8 rings (SSSR count). The predicted molar refractivity (Wildman–Crippen MR) is 255 cm³/mol. The Bertz CT molecular complexity index is 2160. The van der Waals surface area contributed by atoms with E-state index in [0.29, 0.717) is 6.04 Å². The maximum absolute atomic E-state index is 11.4. The summed E-state index contributed by atoms with van der Waals surface area (Å²) in [5.74, 6) is 1.80. The molecule has 0 atom stereocenters. The van der Waals surface area contributed by atoms with Gasteiger partial charge in [0.1, 0.15) is 0 Å². The van der Waals surface area contributed by atoms with Gasteiger partial charge in [-0.2, -0.15) is 12.1 Å².